The predicted molar refractivity (Wildman–Crippen MR) is 50.5 cm³/mol. The lowest BCUT2D eigenvalue weighted by Crippen LogP contribution is -2.21. The van der Waals surface area contributed by atoms with E-state index in [1.54, 1.807) is 19.3 Å². The molecule has 0 aromatic carbocycles. The largest absolute Gasteiger partial charge is 0.467 e. The summed E-state index contributed by atoms with van der Waals surface area (Å²) in [6.07, 6.45) is 2.83. The number of pyridine rings is 1. The number of carbonyl (C=O) groups excluding carboxylic acids is 1. The highest BCUT2D eigenvalue weighted by atomic mass is 16.6. The average molecular weight is 195 g/mol. The Morgan fingerprint density at radius 2 is 2.14 bits per heavy atom. The number of rotatable bonds is 4. The van der Waals surface area contributed by atoms with Gasteiger partial charge in [0.1, 0.15) is 0 Å². The van der Waals surface area contributed by atoms with Crippen LogP contribution in [0, 0.1) is 0 Å². The summed E-state index contributed by atoms with van der Waals surface area (Å²) in [5, 5.41) is 0. The van der Waals surface area contributed by atoms with Crippen LogP contribution in [0.25, 0.3) is 0 Å². The van der Waals surface area contributed by atoms with Gasteiger partial charge in [0.25, 0.3) is 0 Å². The fraction of sp³-hybridized carbons (Fsp3) is 0.400. The van der Waals surface area contributed by atoms with E-state index in [1.807, 2.05) is 12.1 Å². The third-order valence-corrected chi connectivity index (χ3v) is 1.78. The van der Waals surface area contributed by atoms with Crippen molar-refractivity contribution < 1.29 is 14.3 Å². The summed E-state index contributed by atoms with van der Waals surface area (Å²) in [5.74, 6) is -0.362. The van der Waals surface area contributed by atoms with Crippen LogP contribution in [0.15, 0.2) is 24.5 Å². The Morgan fingerprint density at radius 3 is 2.71 bits per heavy atom. The van der Waals surface area contributed by atoms with Crippen LogP contribution in [0.1, 0.15) is 12.5 Å². The molecule has 0 saturated heterocycles. The van der Waals surface area contributed by atoms with Gasteiger partial charge in [-0.3, -0.25) is 4.98 Å². The van der Waals surface area contributed by atoms with Crippen molar-refractivity contribution in [2.75, 3.05) is 7.11 Å². The maximum absolute atomic E-state index is 11.0. The second-order valence-corrected chi connectivity index (χ2v) is 2.83. The fourth-order valence-electron chi connectivity index (χ4n) is 0.934. The number of esters is 1. The molecule has 1 heterocycles. The summed E-state index contributed by atoms with van der Waals surface area (Å²) >= 11 is 0. The molecule has 0 aliphatic rings. The Kier molecular flexibility index (Phi) is 4.07. The molecule has 4 nitrogen and oxygen atoms in total. The van der Waals surface area contributed by atoms with Gasteiger partial charge in [-0.15, -0.1) is 0 Å². The minimum absolute atomic E-state index is 0.362. The molecule has 0 N–H and O–H groups in total. The van der Waals surface area contributed by atoms with Crippen molar-refractivity contribution in [2.45, 2.75) is 19.6 Å². The summed E-state index contributed by atoms with van der Waals surface area (Å²) < 4.78 is 9.80. The van der Waals surface area contributed by atoms with Crippen molar-refractivity contribution in [3.63, 3.8) is 0 Å². The van der Waals surface area contributed by atoms with E-state index in [0.29, 0.717) is 6.61 Å². The van der Waals surface area contributed by atoms with Crippen molar-refractivity contribution in [1.82, 2.24) is 4.98 Å². The van der Waals surface area contributed by atoms with Gasteiger partial charge < -0.3 is 9.47 Å². The van der Waals surface area contributed by atoms with E-state index in [1.165, 1.54) is 7.11 Å². The maximum Gasteiger partial charge on any atom is 0.334 e. The molecule has 1 atom stereocenters. The Morgan fingerprint density at radius 1 is 1.50 bits per heavy atom. The third kappa shape index (κ3) is 3.14. The zero-order valence-electron chi connectivity index (χ0n) is 8.27. The lowest BCUT2D eigenvalue weighted by molar-refractivity contribution is -0.153. The molecule has 0 saturated carbocycles. The van der Waals surface area contributed by atoms with Crippen LogP contribution >= 0.6 is 0 Å². The fourth-order valence-corrected chi connectivity index (χ4v) is 0.934. The first-order valence-electron chi connectivity index (χ1n) is 4.32. The highest BCUT2D eigenvalue weighted by Gasteiger charge is 2.12. The summed E-state index contributed by atoms with van der Waals surface area (Å²) in [6, 6.07) is 3.67. The van der Waals surface area contributed by atoms with E-state index in [0.717, 1.165) is 5.56 Å². The molecular weight excluding hydrogens is 182 g/mol. The quantitative estimate of drug-likeness (QED) is 0.676. The van der Waals surface area contributed by atoms with Gasteiger partial charge in [-0.2, -0.15) is 0 Å². The predicted octanol–water partition coefficient (Wildman–Crippen LogP) is 1.16. The van der Waals surface area contributed by atoms with Crippen molar-refractivity contribution in [2.24, 2.45) is 0 Å². The molecule has 0 aliphatic heterocycles. The van der Waals surface area contributed by atoms with Gasteiger partial charge in [0, 0.05) is 12.4 Å². The van der Waals surface area contributed by atoms with Gasteiger partial charge in [0.05, 0.1) is 13.7 Å². The SMILES string of the molecule is COC(=O)C(C)OCc1ccncc1. The number of hydrogen-bond acceptors (Lipinski definition) is 4. The molecule has 0 fully saturated rings. The lowest BCUT2D eigenvalue weighted by Gasteiger charge is -2.10. The molecule has 0 aliphatic carbocycles. The molecule has 0 amide bonds. The van der Waals surface area contributed by atoms with E-state index in [9.17, 15) is 4.79 Å². The molecular formula is C10H13NO3. The van der Waals surface area contributed by atoms with Gasteiger partial charge >= 0.3 is 5.97 Å². The van der Waals surface area contributed by atoms with Crippen LogP contribution < -0.4 is 0 Å². The standard InChI is InChI=1S/C10H13NO3/c1-8(10(12)13-2)14-7-9-3-5-11-6-4-9/h3-6,8H,7H2,1-2H3. The van der Waals surface area contributed by atoms with Crippen LogP contribution in [-0.2, 0) is 20.9 Å². The van der Waals surface area contributed by atoms with E-state index < -0.39 is 6.10 Å². The molecule has 14 heavy (non-hydrogen) atoms. The van der Waals surface area contributed by atoms with E-state index >= 15 is 0 Å². The summed E-state index contributed by atoms with van der Waals surface area (Å²) in [5.41, 5.74) is 0.982. The Balaban J connectivity index is 2.38. The Hall–Kier alpha value is -1.42. The minimum Gasteiger partial charge on any atom is -0.467 e. The smallest absolute Gasteiger partial charge is 0.334 e. The second-order valence-electron chi connectivity index (χ2n) is 2.83. The van der Waals surface area contributed by atoms with Crippen LogP contribution in [0.4, 0.5) is 0 Å². The topological polar surface area (TPSA) is 48.4 Å². The first-order valence-corrected chi connectivity index (χ1v) is 4.32. The number of aromatic nitrogens is 1. The van der Waals surface area contributed by atoms with Gasteiger partial charge in [-0.05, 0) is 24.6 Å². The number of carbonyl (C=O) groups is 1. The van der Waals surface area contributed by atoms with E-state index in [2.05, 4.69) is 9.72 Å². The number of hydrogen-bond donors (Lipinski definition) is 0. The van der Waals surface area contributed by atoms with Crippen molar-refractivity contribution >= 4 is 5.97 Å². The Labute approximate surface area is 82.9 Å². The molecule has 4 heteroatoms. The minimum atomic E-state index is -0.534. The molecule has 1 aromatic heterocycles. The van der Waals surface area contributed by atoms with Crippen LogP contribution in [-0.4, -0.2) is 24.2 Å². The van der Waals surface area contributed by atoms with E-state index in [4.69, 9.17) is 4.74 Å². The second kappa shape index (κ2) is 5.34. The summed E-state index contributed by atoms with van der Waals surface area (Å²) in [6.45, 7) is 2.05. The number of methoxy groups -OCH3 is 1. The monoisotopic (exact) mass is 195 g/mol. The summed E-state index contributed by atoms with van der Waals surface area (Å²) in [7, 11) is 1.34. The van der Waals surface area contributed by atoms with Crippen molar-refractivity contribution in [3.05, 3.63) is 30.1 Å². The van der Waals surface area contributed by atoms with Crippen LogP contribution in [0.3, 0.4) is 0 Å². The molecule has 1 rings (SSSR count). The number of nitrogens with zero attached hydrogens (tertiary/aromatic N) is 1. The maximum atomic E-state index is 11.0. The normalized spacial score (nSPS) is 12.1. The van der Waals surface area contributed by atoms with Gasteiger partial charge in [-0.1, -0.05) is 0 Å². The molecule has 1 unspecified atom stereocenters. The van der Waals surface area contributed by atoms with Crippen molar-refractivity contribution in [3.8, 4) is 0 Å². The molecule has 0 bridgehead atoms. The molecule has 76 valence electrons. The molecule has 1 aromatic rings. The summed E-state index contributed by atoms with van der Waals surface area (Å²) in [4.78, 5) is 14.9. The zero-order chi connectivity index (χ0) is 10.4. The highest BCUT2D eigenvalue weighted by Crippen LogP contribution is 2.02. The first-order chi connectivity index (χ1) is 6.74. The van der Waals surface area contributed by atoms with Crippen molar-refractivity contribution in [1.29, 1.82) is 0 Å². The van der Waals surface area contributed by atoms with Crippen LogP contribution in [0.5, 0.6) is 0 Å². The third-order valence-electron chi connectivity index (χ3n) is 1.78. The highest BCUT2D eigenvalue weighted by molar-refractivity contribution is 5.73. The molecule has 0 radical (unpaired) electrons. The van der Waals surface area contributed by atoms with Gasteiger partial charge in [0.15, 0.2) is 6.10 Å². The Bertz CT molecular complexity index is 287. The van der Waals surface area contributed by atoms with Gasteiger partial charge in [0.2, 0.25) is 0 Å². The zero-order valence-corrected chi connectivity index (χ0v) is 8.27. The lowest BCUT2D eigenvalue weighted by atomic mass is 10.3. The number of ether oxygens (including phenoxy) is 2. The first kappa shape index (κ1) is 10.7. The van der Waals surface area contributed by atoms with Crippen LogP contribution in [0.2, 0.25) is 0 Å². The van der Waals surface area contributed by atoms with E-state index in [-0.39, 0.29) is 5.97 Å². The molecule has 0 spiro atoms. The average Bonchev–Trinajstić information content (AvgIpc) is 2.26. The van der Waals surface area contributed by atoms with Gasteiger partial charge in [-0.25, -0.2) is 4.79 Å².